The fourth-order valence-corrected chi connectivity index (χ4v) is 4.94. The molecular formula is C20H16FN5O2S. The van der Waals surface area contributed by atoms with Gasteiger partial charge in [-0.1, -0.05) is 6.07 Å². The number of nitrogens with one attached hydrogen (secondary N) is 1. The number of hydrogen-bond donors (Lipinski definition) is 1. The van der Waals surface area contributed by atoms with E-state index in [1.165, 1.54) is 23.6 Å². The van der Waals surface area contributed by atoms with E-state index in [0.29, 0.717) is 35.3 Å². The van der Waals surface area contributed by atoms with E-state index in [9.17, 15) is 9.18 Å². The number of hydrogen-bond acceptors (Lipinski definition) is 6. The van der Waals surface area contributed by atoms with Crippen molar-refractivity contribution in [2.75, 3.05) is 6.54 Å². The van der Waals surface area contributed by atoms with Gasteiger partial charge >= 0.3 is 0 Å². The summed E-state index contributed by atoms with van der Waals surface area (Å²) in [4.78, 5) is 31.4. The number of halogens is 1. The van der Waals surface area contributed by atoms with Gasteiger partial charge in [0.05, 0.1) is 22.9 Å². The number of carbonyl (C=O) groups excluding carboxylic acids is 1. The molecule has 1 aliphatic heterocycles. The molecule has 6 rings (SSSR count). The van der Waals surface area contributed by atoms with Gasteiger partial charge in [0.2, 0.25) is 5.76 Å². The highest BCUT2D eigenvalue weighted by atomic mass is 32.1. The first-order valence-corrected chi connectivity index (χ1v) is 10.3. The van der Waals surface area contributed by atoms with Crippen LogP contribution < -0.4 is 0 Å². The highest BCUT2D eigenvalue weighted by Gasteiger charge is 2.38. The molecule has 1 amide bonds. The van der Waals surface area contributed by atoms with E-state index in [1.54, 1.807) is 17.3 Å². The summed E-state index contributed by atoms with van der Waals surface area (Å²) in [6, 6.07) is 4.39. The van der Waals surface area contributed by atoms with Gasteiger partial charge in [-0.3, -0.25) is 4.79 Å². The van der Waals surface area contributed by atoms with Gasteiger partial charge in [0, 0.05) is 24.6 Å². The van der Waals surface area contributed by atoms with E-state index in [2.05, 4.69) is 19.9 Å². The molecular weight excluding hydrogens is 393 g/mol. The summed E-state index contributed by atoms with van der Waals surface area (Å²) in [5.74, 6) is 0.569. The number of carbonyl (C=O) groups is 1. The Bertz CT molecular complexity index is 1240. The Balaban J connectivity index is 1.44. The highest BCUT2D eigenvalue weighted by Crippen LogP contribution is 2.41. The monoisotopic (exact) mass is 409 g/mol. The zero-order valence-electron chi connectivity index (χ0n) is 15.3. The Morgan fingerprint density at radius 2 is 2.21 bits per heavy atom. The third-order valence-corrected chi connectivity index (χ3v) is 6.54. The van der Waals surface area contributed by atoms with Crippen molar-refractivity contribution in [3.8, 4) is 0 Å². The van der Waals surface area contributed by atoms with Crippen LogP contribution in [0, 0.1) is 5.82 Å². The molecule has 1 fully saturated rings. The van der Waals surface area contributed by atoms with Crippen LogP contribution in [-0.2, 0) is 6.42 Å². The highest BCUT2D eigenvalue weighted by molar-refractivity contribution is 7.18. The van der Waals surface area contributed by atoms with Gasteiger partial charge in [-0.2, -0.15) is 0 Å². The number of thiazole rings is 1. The molecule has 1 atom stereocenters. The van der Waals surface area contributed by atoms with E-state index < -0.39 is 6.04 Å². The first-order valence-electron chi connectivity index (χ1n) is 9.53. The Hall–Kier alpha value is -3.07. The second-order valence-corrected chi connectivity index (χ2v) is 8.46. The number of para-hydroxylation sites is 1. The molecule has 1 aromatic carbocycles. The molecule has 0 unspecified atom stereocenters. The lowest BCUT2D eigenvalue weighted by Gasteiger charge is -2.33. The van der Waals surface area contributed by atoms with Crippen LogP contribution >= 0.6 is 11.3 Å². The maximum atomic E-state index is 14.2. The van der Waals surface area contributed by atoms with Crippen molar-refractivity contribution in [3.63, 3.8) is 0 Å². The van der Waals surface area contributed by atoms with Crippen LogP contribution in [0.25, 0.3) is 10.2 Å². The molecule has 3 aromatic heterocycles. The van der Waals surface area contributed by atoms with Crippen molar-refractivity contribution in [2.45, 2.75) is 31.2 Å². The van der Waals surface area contributed by atoms with Crippen molar-refractivity contribution < 1.29 is 13.6 Å². The van der Waals surface area contributed by atoms with Gasteiger partial charge in [-0.05, 0) is 25.0 Å². The second kappa shape index (κ2) is 6.21. The molecule has 1 saturated carbocycles. The molecule has 2 aliphatic rings. The van der Waals surface area contributed by atoms with Crippen molar-refractivity contribution in [2.24, 2.45) is 0 Å². The third-order valence-electron chi connectivity index (χ3n) is 5.47. The van der Waals surface area contributed by atoms with Gasteiger partial charge in [0.25, 0.3) is 5.91 Å². The topological polar surface area (TPSA) is 87.9 Å². The van der Waals surface area contributed by atoms with Crippen LogP contribution in [0.3, 0.4) is 0 Å². The predicted octanol–water partition coefficient (Wildman–Crippen LogP) is 3.81. The lowest BCUT2D eigenvalue weighted by atomic mass is 10.0. The summed E-state index contributed by atoms with van der Waals surface area (Å²) in [6.45, 7) is 0.483. The van der Waals surface area contributed by atoms with Gasteiger partial charge in [-0.25, -0.2) is 19.3 Å². The molecule has 0 saturated heterocycles. The zero-order valence-corrected chi connectivity index (χ0v) is 16.1. The average molecular weight is 409 g/mol. The number of oxazole rings is 1. The van der Waals surface area contributed by atoms with Gasteiger partial charge in [-0.15, -0.1) is 11.3 Å². The SMILES string of the molecule is O=C(c1cnc(C2CC2)o1)N1CCc2[nH]cnc2[C@H]1c1nc2c(F)cccc2s1. The van der Waals surface area contributed by atoms with E-state index in [-0.39, 0.29) is 17.5 Å². The standard InChI is InChI=1S/C20H16FN5O2S/c21-11-2-1-3-14-15(11)25-19(29-14)17-16-12(23-9-24-16)6-7-26(17)20(27)13-8-22-18(28-13)10-4-5-10/h1-3,8-10,17H,4-7H2,(H,23,24)/t17-/m0/s1. The molecule has 146 valence electrons. The van der Waals surface area contributed by atoms with E-state index in [0.717, 1.165) is 28.9 Å². The lowest BCUT2D eigenvalue weighted by Crippen LogP contribution is -2.40. The van der Waals surface area contributed by atoms with Crippen LogP contribution in [0.1, 0.15) is 57.6 Å². The summed E-state index contributed by atoms with van der Waals surface area (Å²) in [6.07, 6.45) is 5.88. The minimum Gasteiger partial charge on any atom is -0.435 e. The number of amides is 1. The largest absolute Gasteiger partial charge is 0.435 e. The van der Waals surface area contributed by atoms with Gasteiger partial charge in [0.15, 0.2) is 5.89 Å². The molecule has 1 N–H and O–H groups in total. The molecule has 29 heavy (non-hydrogen) atoms. The van der Waals surface area contributed by atoms with Crippen LogP contribution in [-0.4, -0.2) is 37.3 Å². The second-order valence-electron chi connectivity index (χ2n) is 7.39. The van der Waals surface area contributed by atoms with E-state index in [1.807, 2.05) is 6.07 Å². The predicted molar refractivity (Wildman–Crippen MR) is 103 cm³/mol. The number of H-pyrrole nitrogens is 1. The average Bonchev–Trinajstić information content (AvgIpc) is 3.13. The summed E-state index contributed by atoms with van der Waals surface area (Å²) in [5, 5.41) is 0.633. The van der Waals surface area contributed by atoms with Crippen LogP contribution in [0.15, 0.2) is 35.1 Å². The minimum absolute atomic E-state index is 0.225. The molecule has 1 aliphatic carbocycles. The molecule has 7 nitrogen and oxygen atoms in total. The van der Waals surface area contributed by atoms with E-state index in [4.69, 9.17) is 4.42 Å². The number of aromatic amines is 1. The summed E-state index contributed by atoms with van der Waals surface area (Å²) < 4.78 is 20.7. The van der Waals surface area contributed by atoms with E-state index >= 15 is 0 Å². The normalized spacial score (nSPS) is 18.9. The number of aromatic nitrogens is 4. The van der Waals surface area contributed by atoms with Crippen molar-refractivity contribution in [1.29, 1.82) is 0 Å². The molecule has 0 bridgehead atoms. The first-order chi connectivity index (χ1) is 14.2. The number of imidazole rings is 1. The quantitative estimate of drug-likeness (QED) is 0.556. The fourth-order valence-electron chi connectivity index (χ4n) is 3.84. The smallest absolute Gasteiger partial charge is 0.292 e. The molecule has 0 radical (unpaired) electrons. The Labute approximate surface area is 168 Å². The third kappa shape index (κ3) is 2.68. The lowest BCUT2D eigenvalue weighted by molar-refractivity contribution is 0.0656. The number of nitrogens with zero attached hydrogens (tertiary/aromatic N) is 4. The minimum atomic E-state index is -0.497. The maximum absolute atomic E-state index is 14.2. The van der Waals surface area contributed by atoms with Gasteiger partial charge in [0.1, 0.15) is 22.4 Å². The fraction of sp³-hybridized carbons (Fsp3) is 0.300. The number of fused-ring (bicyclic) bond motifs is 2. The Morgan fingerprint density at radius 3 is 3.03 bits per heavy atom. The summed E-state index contributed by atoms with van der Waals surface area (Å²) in [7, 11) is 0. The van der Waals surface area contributed by atoms with Crippen LogP contribution in [0.4, 0.5) is 4.39 Å². The van der Waals surface area contributed by atoms with Crippen LogP contribution in [0.2, 0.25) is 0 Å². The van der Waals surface area contributed by atoms with Crippen molar-refractivity contribution >= 4 is 27.5 Å². The van der Waals surface area contributed by atoms with Crippen LogP contribution in [0.5, 0.6) is 0 Å². The van der Waals surface area contributed by atoms with Gasteiger partial charge < -0.3 is 14.3 Å². The molecule has 4 aromatic rings. The van der Waals surface area contributed by atoms with Crippen molar-refractivity contribution in [1.82, 2.24) is 24.8 Å². The summed E-state index contributed by atoms with van der Waals surface area (Å²) in [5.41, 5.74) is 2.03. The first kappa shape index (κ1) is 16.8. The zero-order chi connectivity index (χ0) is 19.5. The molecule has 4 heterocycles. The number of benzene rings is 1. The van der Waals surface area contributed by atoms with Crippen molar-refractivity contribution in [3.05, 3.63) is 64.6 Å². The summed E-state index contributed by atoms with van der Waals surface area (Å²) >= 11 is 1.38. The maximum Gasteiger partial charge on any atom is 0.292 e. The molecule has 0 spiro atoms. The number of rotatable bonds is 3. The molecule has 9 heteroatoms. The Kier molecular flexibility index (Phi) is 3.61. The Morgan fingerprint density at radius 1 is 1.31 bits per heavy atom.